The number of fused-ring (bicyclic) bond motifs is 2. The molecule has 0 radical (unpaired) electrons. The van der Waals surface area contributed by atoms with Gasteiger partial charge in [-0.2, -0.15) is 0 Å². The molecule has 37 heavy (non-hydrogen) atoms. The van der Waals surface area contributed by atoms with E-state index in [0.717, 1.165) is 10.6 Å². The van der Waals surface area contributed by atoms with Crippen LogP contribution in [0.15, 0.2) is 29.8 Å². The first-order chi connectivity index (χ1) is 17.4. The van der Waals surface area contributed by atoms with Gasteiger partial charge in [-0.25, -0.2) is 23.5 Å². The topological polar surface area (TPSA) is 87.4 Å². The van der Waals surface area contributed by atoms with Gasteiger partial charge in [0.15, 0.2) is 11.7 Å². The van der Waals surface area contributed by atoms with Crippen LogP contribution < -0.4 is 9.64 Å². The Balaban J connectivity index is 1.38. The van der Waals surface area contributed by atoms with Crippen molar-refractivity contribution in [2.45, 2.75) is 57.0 Å². The maximum absolute atomic E-state index is 13.6. The van der Waals surface area contributed by atoms with E-state index < -0.39 is 23.5 Å². The molecule has 0 unspecified atom stereocenters. The minimum atomic E-state index is -2.62. The van der Waals surface area contributed by atoms with Gasteiger partial charge in [0.05, 0.1) is 5.69 Å². The third-order valence-corrected chi connectivity index (χ3v) is 7.39. The number of nitrogens with zero attached hydrogens (tertiary/aromatic N) is 4. The highest BCUT2D eigenvalue weighted by molar-refractivity contribution is 7.15. The molecule has 11 heteroatoms. The Morgan fingerprint density at radius 2 is 2.03 bits per heavy atom. The molecule has 8 nitrogen and oxygen atoms in total. The highest BCUT2D eigenvalue weighted by Crippen LogP contribution is 2.42. The number of ether oxygens (including phenoxy) is 1. The van der Waals surface area contributed by atoms with Gasteiger partial charge in [-0.1, -0.05) is 11.8 Å². The lowest BCUT2D eigenvalue weighted by atomic mass is 9.85. The number of carbonyl (C=O) groups is 2. The summed E-state index contributed by atoms with van der Waals surface area (Å²) in [6.45, 7) is 2.84. The van der Waals surface area contributed by atoms with Crippen molar-refractivity contribution in [2.75, 3.05) is 18.7 Å². The minimum Gasteiger partial charge on any atom is -0.470 e. The van der Waals surface area contributed by atoms with E-state index >= 15 is 0 Å². The molecular formula is C26H26F2N4O4S. The molecule has 3 aromatic rings. The average molecular weight is 529 g/mol. The molecule has 0 bridgehead atoms. The highest BCUT2D eigenvalue weighted by Gasteiger charge is 2.37. The number of rotatable bonds is 2. The van der Waals surface area contributed by atoms with Crippen LogP contribution in [0.25, 0.3) is 4.96 Å². The second-order valence-corrected chi connectivity index (χ2v) is 10.7. The summed E-state index contributed by atoms with van der Waals surface area (Å²) in [5.41, 5.74) is 0.761. The first kappa shape index (κ1) is 25.2. The lowest BCUT2D eigenvalue weighted by Crippen LogP contribution is -2.45. The van der Waals surface area contributed by atoms with Gasteiger partial charge < -0.3 is 9.84 Å². The van der Waals surface area contributed by atoms with Crippen molar-refractivity contribution >= 4 is 33.9 Å². The summed E-state index contributed by atoms with van der Waals surface area (Å²) < 4.78 is 34.8. The van der Waals surface area contributed by atoms with Crippen LogP contribution in [0.1, 0.15) is 67.2 Å². The molecule has 0 saturated heterocycles. The maximum atomic E-state index is 13.6. The zero-order chi connectivity index (χ0) is 26.5. The van der Waals surface area contributed by atoms with Crippen molar-refractivity contribution in [3.63, 3.8) is 0 Å². The molecule has 5 rings (SSSR count). The van der Waals surface area contributed by atoms with Crippen molar-refractivity contribution in [3.05, 3.63) is 46.7 Å². The number of thiazole rings is 1. The van der Waals surface area contributed by atoms with Gasteiger partial charge in [-0.3, -0.25) is 14.1 Å². The number of alkyl halides is 2. The summed E-state index contributed by atoms with van der Waals surface area (Å²) in [6, 6.07) is 4.43. The molecule has 1 fully saturated rings. The average Bonchev–Trinajstić information content (AvgIpc) is 3.40. The Kier molecular flexibility index (Phi) is 6.20. The fraction of sp³-hybridized carbons (Fsp3) is 0.423. The predicted molar refractivity (Wildman–Crippen MR) is 134 cm³/mol. The molecule has 0 atom stereocenters. The van der Waals surface area contributed by atoms with Gasteiger partial charge in [0.2, 0.25) is 5.92 Å². The summed E-state index contributed by atoms with van der Waals surface area (Å²) in [7, 11) is 1.53. The molecule has 1 aromatic carbocycles. The minimum absolute atomic E-state index is 0.0389. The van der Waals surface area contributed by atoms with E-state index in [1.165, 1.54) is 23.3 Å². The van der Waals surface area contributed by atoms with Gasteiger partial charge >= 0.3 is 6.03 Å². The normalized spacial score (nSPS) is 18.2. The van der Waals surface area contributed by atoms with Crippen LogP contribution in [0.5, 0.6) is 5.75 Å². The Morgan fingerprint density at radius 1 is 1.30 bits per heavy atom. The third kappa shape index (κ3) is 5.04. The number of urea groups is 1. The van der Waals surface area contributed by atoms with Gasteiger partial charge in [0, 0.05) is 48.6 Å². The van der Waals surface area contributed by atoms with Gasteiger partial charge in [-0.05, 0) is 44.9 Å². The monoisotopic (exact) mass is 528 g/mol. The van der Waals surface area contributed by atoms with Crippen LogP contribution in [0.2, 0.25) is 0 Å². The second-order valence-electron chi connectivity index (χ2n) is 9.91. The van der Waals surface area contributed by atoms with Crippen molar-refractivity contribution in [2.24, 2.45) is 0 Å². The highest BCUT2D eigenvalue weighted by atomic mass is 32.1. The van der Waals surface area contributed by atoms with Gasteiger partial charge in [-0.15, -0.1) is 11.3 Å². The quantitative estimate of drug-likeness (QED) is 0.480. The Morgan fingerprint density at radius 3 is 2.73 bits per heavy atom. The van der Waals surface area contributed by atoms with E-state index in [0.29, 0.717) is 34.8 Å². The van der Waals surface area contributed by atoms with Crippen LogP contribution in [0.3, 0.4) is 0 Å². The molecule has 2 aliphatic rings. The number of hydrogen-bond donors (Lipinski definition) is 1. The predicted octanol–water partition coefficient (Wildman–Crippen LogP) is 4.86. The third-order valence-electron chi connectivity index (χ3n) is 6.54. The van der Waals surface area contributed by atoms with Crippen LogP contribution in [0, 0.1) is 11.8 Å². The second kappa shape index (κ2) is 9.11. The number of aliphatic hydroxyl groups is 1. The fourth-order valence-electron chi connectivity index (χ4n) is 4.49. The van der Waals surface area contributed by atoms with E-state index in [9.17, 15) is 23.5 Å². The van der Waals surface area contributed by atoms with Crippen LogP contribution >= 0.6 is 11.3 Å². The summed E-state index contributed by atoms with van der Waals surface area (Å²) in [5, 5.41) is 11.8. The van der Waals surface area contributed by atoms with E-state index in [-0.39, 0.29) is 31.2 Å². The molecule has 1 saturated carbocycles. The Hall–Kier alpha value is -3.49. The number of amides is 3. The number of imide groups is 1. The lowest BCUT2D eigenvalue weighted by Gasteiger charge is -2.27. The SMILES string of the molecule is CN1C(=O)N(C(=O)c2cn3c(C4CCC(F)(F)CC4)csc3n2)COc2ccc(C#CC(C)(C)O)cc21. The number of benzene rings is 1. The summed E-state index contributed by atoms with van der Waals surface area (Å²) in [6.07, 6.45) is 1.97. The van der Waals surface area contributed by atoms with Gasteiger partial charge in [0.1, 0.15) is 17.0 Å². The van der Waals surface area contributed by atoms with Crippen LogP contribution in [0.4, 0.5) is 19.3 Å². The molecule has 3 heterocycles. The number of aromatic nitrogens is 2. The number of carbonyl (C=O) groups excluding carboxylic acids is 2. The lowest BCUT2D eigenvalue weighted by molar-refractivity contribution is -0.0385. The molecule has 2 aromatic heterocycles. The summed E-state index contributed by atoms with van der Waals surface area (Å²) >= 11 is 1.33. The van der Waals surface area contributed by atoms with Crippen molar-refractivity contribution < 1.29 is 28.2 Å². The Bertz CT molecular complexity index is 1440. The van der Waals surface area contributed by atoms with Crippen molar-refractivity contribution in [1.29, 1.82) is 0 Å². The van der Waals surface area contributed by atoms with E-state index in [4.69, 9.17) is 4.74 Å². The standard InChI is InChI=1S/C26H26F2N4O4S/c1-25(2,35)9-6-16-4-5-21-19(12-16)30(3)24(34)32(15-36-21)22(33)18-13-31-20(14-37-23(31)29-18)17-7-10-26(27,28)11-8-17/h4-5,12-14,17,35H,7-8,10-11,15H2,1-3H3. The fourth-order valence-corrected chi connectivity index (χ4v) is 5.45. The number of hydrogen-bond acceptors (Lipinski definition) is 6. The van der Waals surface area contributed by atoms with Crippen molar-refractivity contribution in [3.8, 4) is 17.6 Å². The number of imidazole rings is 1. The van der Waals surface area contributed by atoms with Crippen LogP contribution in [-0.4, -0.2) is 56.6 Å². The Labute approximate surface area is 216 Å². The number of halogens is 2. The summed E-state index contributed by atoms with van der Waals surface area (Å²) in [5.74, 6) is 2.72. The maximum Gasteiger partial charge on any atom is 0.334 e. The summed E-state index contributed by atoms with van der Waals surface area (Å²) in [4.78, 5) is 33.9. The van der Waals surface area contributed by atoms with E-state index in [2.05, 4.69) is 16.8 Å². The smallest absolute Gasteiger partial charge is 0.334 e. The molecule has 1 N–H and O–H groups in total. The first-order valence-corrected chi connectivity index (χ1v) is 12.8. The van der Waals surface area contributed by atoms with Crippen LogP contribution in [-0.2, 0) is 0 Å². The molecule has 0 spiro atoms. The van der Waals surface area contributed by atoms with Gasteiger partial charge in [0.25, 0.3) is 5.91 Å². The molecule has 1 aliphatic heterocycles. The zero-order valence-electron chi connectivity index (χ0n) is 20.6. The largest absolute Gasteiger partial charge is 0.470 e. The molecule has 3 amide bonds. The number of anilines is 1. The first-order valence-electron chi connectivity index (χ1n) is 11.9. The van der Waals surface area contributed by atoms with Crippen molar-refractivity contribution in [1.82, 2.24) is 14.3 Å². The van der Waals surface area contributed by atoms with E-state index in [1.807, 2.05) is 5.38 Å². The zero-order valence-corrected chi connectivity index (χ0v) is 21.4. The molecular weight excluding hydrogens is 502 g/mol. The molecule has 1 aliphatic carbocycles. The van der Waals surface area contributed by atoms with E-state index in [1.54, 1.807) is 42.6 Å². The molecule has 194 valence electrons.